The van der Waals surface area contributed by atoms with E-state index in [-0.39, 0.29) is 24.7 Å². The second-order valence-electron chi connectivity index (χ2n) is 6.89. The number of carboxylic acids is 1. The number of rotatable bonds is 4. The Morgan fingerprint density at radius 3 is 2.68 bits per heavy atom. The molecule has 1 amide bonds. The second-order valence-corrected chi connectivity index (χ2v) is 7.30. The zero-order valence-electron chi connectivity index (χ0n) is 13.2. The summed E-state index contributed by atoms with van der Waals surface area (Å²) in [6.07, 6.45) is 0.214. The van der Waals surface area contributed by atoms with Gasteiger partial charge in [-0.3, -0.25) is 9.59 Å². The molecule has 120 valence electrons. The molecule has 0 spiro atoms. The van der Waals surface area contributed by atoms with E-state index in [1.807, 2.05) is 26.0 Å². The molecular weight excluding hydrogens is 302 g/mol. The molecule has 0 saturated carbocycles. The molecule has 5 heteroatoms. The average Bonchev–Trinajstić information content (AvgIpc) is 2.37. The summed E-state index contributed by atoms with van der Waals surface area (Å²) < 4.78 is 0. The lowest BCUT2D eigenvalue weighted by atomic mass is 9.84. The first kappa shape index (κ1) is 16.8. The maximum atomic E-state index is 12.6. The van der Waals surface area contributed by atoms with Gasteiger partial charge in [-0.15, -0.1) is 0 Å². The number of hydrogen-bond donors (Lipinski definition) is 1. The van der Waals surface area contributed by atoms with Gasteiger partial charge in [0.05, 0.1) is 6.42 Å². The van der Waals surface area contributed by atoms with Gasteiger partial charge in [0.1, 0.15) is 0 Å². The fourth-order valence-corrected chi connectivity index (χ4v) is 3.31. The first-order valence-electron chi connectivity index (χ1n) is 7.46. The Kier molecular flexibility index (Phi) is 4.81. The predicted molar refractivity (Wildman–Crippen MR) is 85.9 cm³/mol. The van der Waals surface area contributed by atoms with Crippen LogP contribution in [0.4, 0.5) is 0 Å². The highest BCUT2D eigenvalue weighted by atomic mass is 35.5. The molecule has 1 aliphatic heterocycles. The number of hydrogen-bond acceptors (Lipinski definition) is 2. The molecule has 4 nitrogen and oxygen atoms in total. The van der Waals surface area contributed by atoms with Crippen molar-refractivity contribution >= 4 is 23.5 Å². The maximum absolute atomic E-state index is 12.6. The molecule has 1 aromatic carbocycles. The van der Waals surface area contributed by atoms with Gasteiger partial charge in [-0.05, 0) is 28.5 Å². The summed E-state index contributed by atoms with van der Waals surface area (Å²) in [5.74, 6) is -0.657. The Labute approximate surface area is 136 Å². The highest BCUT2D eigenvalue weighted by Gasteiger charge is 2.31. The summed E-state index contributed by atoms with van der Waals surface area (Å²) in [6.45, 7) is 6.86. The van der Waals surface area contributed by atoms with E-state index in [9.17, 15) is 9.59 Å². The first-order valence-corrected chi connectivity index (χ1v) is 7.84. The Bertz CT molecular complexity index is 598. The van der Waals surface area contributed by atoms with Crippen molar-refractivity contribution < 1.29 is 14.7 Å². The zero-order valence-corrected chi connectivity index (χ0v) is 14.0. The number of nitrogens with zero attached hydrogens (tertiary/aromatic N) is 1. The van der Waals surface area contributed by atoms with Gasteiger partial charge >= 0.3 is 5.97 Å². The molecule has 0 bridgehead atoms. The summed E-state index contributed by atoms with van der Waals surface area (Å²) in [6, 6.07) is 5.84. The van der Waals surface area contributed by atoms with Gasteiger partial charge in [-0.2, -0.15) is 0 Å². The molecule has 1 heterocycles. The number of aliphatic carboxylic acids is 1. The van der Waals surface area contributed by atoms with Crippen molar-refractivity contribution in [3.8, 4) is 0 Å². The van der Waals surface area contributed by atoms with Crippen molar-refractivity contribution in [1.29, 1.82) is 0 Å². The highest BCUT2D eigenvalue weighted by Crippen LogP contribution is 2.34. The van der Waals surface area contributed by atoms with E-state index in [2.05, 4.69) is 13.0 Å². The molecule has 1 aliphatic rings. The predicted octanol–water partition coefficient (Wildman–Crippen LogP) is 3.68. The van der Waals surface area contributed by atoms with E-state index >= 15 is 0 Å². The van der Waals surface area contributed by atoms with E-state index in [1.165, 1.54) is 5.56 Å². The number of carboxylic acid groups (broad SMARTS) is 1. The summed E-state index contributed by atoms with van der Waals surface area (Å²) in [5.41, 5.74) is 1.65. The SMILES string of the molecule is CC1CN(C(=O)CC(C)(C)CC(=O)O)Cc2c(Cl)cccc21. The van der Waals surface area contributed by atoms with Crippen molar-refractivity contribution in [3.63, 3.8) is 0 Å². The van der Waals surface area contributed by atoms with Crippen LogP contribution < -0.4 is 0 Å². The van der Waals surface area contributed by atoms with Gasteiger partial charge in [-0.1, -0.05) is 44.5 Å². The third kappa shape index (κ3) is 3.80. The Balaban J connectivity index is 2.13. The van der Waals surface area contributed by atoms with Crippen molar-refractivity contribution in [2.75, 3.05) is 6.54 Å². The molecule has 2 rings (SSSR count). The van der Waals surface area contributed by atoms with E-state index in [1.54, 1.807) is 4.90 Å². The molecule has 22 heavy (non-hydrogen) atoms. The molecule has 1 unspecified atom stereocenters. The lowest BCUT2D eigenvalue weighted by Gasteiger charge is -2.35. The number of benzene rings is 1. The van der Waals surface area contributed by atoms with Crippen LogP contribution >= 0.6 is 11.6 Å². The van der Waals surface area contributed by atoms with E-state index < -0.39 is 11.4 Å². The van der Waals surface area contributed by atoms with Crippen LogP contribution in [0.25, 0.3) is 0 Å². The monoisotopic (exact) mass is 323 g/mol. The van der Waals surface area contributed by atoms with Crippen LogP contribution in [-0.2, 0) is 16.1 Å². The van der Waals surface area contributed by atoms with Crippen LogP contribution in [0.5, 0.6) is 0 Å². The van der Waals surface area contributed by atoms with Crippen molar-refractivity contribution in [1.82, 2.24) is 4.90 Å². The molecule has 0 saturated heterocycles. The molecule has 0 radical (unpaired) electrons. The van der Waals surface area contributed by atoms with Crippen molar-refractivity contribution in [2.24, 2.45) is 5.41 Å². The molecular formula is C17H22ClNO3. The van der Waals surface area contributed by atoms with Crippen LogP contribution in [0.15, 0.2) is 18.2 Å². The van der Waals surface area contributed by atoms with Crippen molar-refractivity contribution in [3.05, 3.63) is 34.3 Å². The summed E-state index contributed by atoms with van der Waals surface area (Å²) in [7, 11) is 0. The Hall–Kier alpha value is -1.55. The molecule has 1 atom stereocenters. The summed E-state index contributed by atoms with van der Waals surface area (Å²) in [4.78, 5) is 25.2. The van der Waals surface area contributed by atoms with E-state index in [0.717, 1.165) is 5.56 Å². The standard InChI is InChI=1S/C17H22ClNO3/c1-11-9-19(10-13-12(11)5-4-6-14(13)18)15(20)7-17(2,3)8-16(21)22/h4-6,11H,7-10H2,1-3H3,(H,21,22). The van der Waals surface area contributed by atoms with E-state index in [4.69, 9.17) is 16.7 Å². The average molecular weight is 324 g/mol. The summed E-state index contributed by atoms with van der Waals surface area (Å²) in [5, 5.41) is 9.63. The minimum absolute atomic E-state index is 0.0105. The lowest BCUT2D eigenvalue weighted by Crippen LogP contribution is -2.39. The Morgan fingerprint density at radius 1 is 1.36 bits per heavy atom. The fraction of sp³-hybridized carbons (Fsp3) is 0.529. The molecule has 1 N–H and O–H groups in total. The molecule has 0 aliphatic carbocycles. The van der Waals surface area contributed by atoms with E-state index in [0.29, 0.717) is 18.1 Å². The van der Waals surface area contributed by atoms with Crippen LogP contribution in [0.2, 0.25) is 5.02 Å². The number of amides is 1. The van der Waals surface area contributed by atoms with Crippen LogP contribution in [0.3, 0.4) is 0 Å². The number of fused-ring (bicyclic) bond motifs is 1. The number of carbonyl (C=O) groups excluding carboxylic acids is 1. The number of halogens is 1. The third-order valence-electron chi connectivity index (χ3n) is 4.14. The lowest BCUT2D eigenvalue weighted by molar-refractivity contribution is -0.141. The molecule has 0 aromatic heterocycles. The maximum Gasteiger partial charge on any atom is 0.303 e. The normalized spacial score (nSPS) is 18.0. The van der Waals surface area contributed by atoms with Gasteiger partial charge in [0.2, 0.25) is 5.91 Å². The number of carbonyl (C=O) groups is 2. The summed E-state index contributed by atoms with van der Waals surface area (Å²) >= 11 is 6.26. The van der Waals surface area contributed by atoms with Gasteiger partial charge in [0.15, 0.2) is 0 Å². The van der Waals surface area contributed by atoms with Crippen molar-refractivity contribution in [2.45, 2.75) is 46.1 Å². The third-order valence-corrected chi connectivity index (χ3v) is 4.50. The van der Waals surface area contributed by atoms with Gasteiger partial charge in [-0.25, -0.2) is 0 Å². The van der Waals surface area contributed by atoms with Crippen LogP contribution in [-0.4, -0.2) is 28.4 Å². The smallest absolute Gasteiger partial charge is 0.303 e. The minimum Gasteiger partial charge on any atom is -0.481 e. The minimum atomic E-state index is -0.877. The highest BCUT2D eigenvalue weighted by molar-refractivity contribution is 6.31. The van der Waals surface area contributed by atoms with Gasteiger partial charge in [0, 0.05) is 24.5 Å². The second kappa shape index (κ2) is 6.29. The van der Waals surface area contributed by atoms with Gasteiger partial charge < -0.3 is 10.0 Å². The zero-order chi connectivity index (χ0) is 16.5. The molecule has 0 fully saturated rings. The topological polar surface area (TPSA) is 57.6 Å². The fourth-order valence-electron chi connectivity index (χ4n) is 3.07. The first-order chi connectivity index (χ1) is 10.2. The molecule has 1 aromatic rings. The largest absolute Gasteiger partial charge is 0.481 e. The van der Waals surface area contributed by atoms with Gasteiger partial charge in [0.25, 0.3) is 0 Å². The van der Waals surface area contributed by atoms with Crippen LogP contribution in [0, 0.1) is 5.41 Å². The Morgan fingerprint density at radius 2 is 2.05 bits per heavy atom. The van der Waals surface area contributed by atoms with Crippen LogP contribution in [0.1, 0.15) is 50.7 Å². The quantitative estimate of drug-likeness (QED) is 0.919.